The van der Waals surface area contributed by atoms with Crippen molar-refractivity contribution >= 4 is 31.8 Å². The van der Waals surface area contributed by atoms with E-state index in [1.54, 1.807) is 10.9 Å². The van der Waals surface area contributed by atoms with Gasteiger partial charge in [-0.3, -0.25) is 9.36 Å². The number of nitrogens with zero attached hydrogens (tertiary/aromatic N) is 4. The number of aromatic nitrogens is 4. The van der Waals surface area contributed by atoms with Crippen LogP contribution in [0.15, 0.2) is 102 Å². The van der Waals surface area contributed by atoms with Crippen LogP contribution in [0.2, 0.25) is 0 Å². The van der Waals surface area contributed by atoms with Gasteiger partial charge in [-0.1, -0.05) is 78.9 Å². The molecular weight excluding hydrogens is 416 g/mol. The molecule has 0 aliphatic rings. The van der Waals surface area contributed by atoms with Gasteiger partial charge in [-0.15, -0.1) is 21.5 Å². The van der Waals surface area contributed by atoms with Crippen molar-refractivity contribution in [2.24, 2.45) is 0 Å². The monoisotopic (exact) mass is 432 g/mol. The van der Waals surface area contributed by atoms with E-state index in [2.05, 4.69) is 22.3 Å². The molecule has 3 aromatic carbocycles. The van der Waals surface area contributed by atoms with Crippen molar-refractivity contribution in [2.75, 3.05) is 0 Å². The topological polar surface area (TPSA) is 60.7 Å². The molecule has 0 spiro atoms. The molecule has 32 heavy (non-hydrogen) atoms. The molecule has 0 aliphatic heterocycles. The van der Waals surface area contributed by atoms with Crippen LogP contribution in [0.3, 0.4) is 0 Å². The lowest BCUT2D eigenvalue weighted by Gasteiger charge is -2.10. The summed E-state index contributed by atoms with van der Waals surface area (Å²) in [6.45, 7) is 0. The molecule has 0 fully saturated rings. The van der Waals surface area contributed by atoms with Crippen molar-refractivity contribution in [1.82, 2.24) is 19.7 Å². The maximum absolute atomic E-state index is 13.4. The van der Waals surface area contributed by atoms with Crippen LogP contribution in [-0.2, 0) is 0 Å². The number of hydrogen-bond acceptors (Lipinski definition) is 5. The SMILES string of the molecule is O=c1c2sc3nnc(-c4ccccc4)c(-c4ccccc4)c3c2ncn1-c1ccccc1. The first-order valence-corrected chi connectivity index (χ1v) is 11.0. The summed E-state index contributed by atoms with van der Waals surface area (Å²) in [6, 6.07) is 29.6. The first-order valence-electron chi connectivity index (χ1n) is 10.2. The number of fused-ring (bicyclic) bond motifs is 3. The van der Waals surface area contributed by atoms with E-state index in [1.807, 2.05) is 78.9 Å². The first kappa shape index (κ1) is 18.6. The van der Waals surface area contributed by atoms with Crippen LogP contribution in [0.4, 0.5) is 0 Å². The molecule has 0 N–H and O–H groups in total. The van der Waals surface area contributed by atoms with Gasteiger partial charge in [0.2, 0.25) is 0 Å². The average molecular weight is 433 g/mol. The standard InChI is InChI=1S/C26H16N4OS/c31-26-24-23(27-16-30(26)19-14-8-3-9-15-19)21-20(17-10-4-1-5-11-17)22(28-29-25(21)32-24)18-12-6-2-7-13-18/h1-16H. The van der Waals surface area contributed by atoms with Crippen LogP contribution in [0.1, 0.15) is 0 Å². The Morgan fingerprint density at radius 3 is 2.03 bits per heavy atom. The second-order valence-electron chi connectivity index (χ2n) is 7.37. The number of para-hydroxylation sites is 1. The van der Waals surface area contributed by atoms with Gasteiger partial charge in [0.15, 0.2) is 0 Å². The minimum Gasteiger partial charge on any atom is -0.267 e. The van der Waals surface area contributed by atoms with Crippen LogP contribution in [-0.4, -0.2) is 19.7 Å². The van der Waals surface area contributed by atoms with E-state index in [0.29, 0.717) is 15.0 Å². The normalized spacial score (nSPS) is 11.2. The van der Waals surface area contributed by atoms with Crippen LogP contribution in [0.25, 0.3) is 48.5 Å². The molecule has 0 bridgehead atoms. The molecule has 6 rings (SSSR count). The highest BCUT2D eigenvalue weighted by Crippen LogP contribution is 2.41. The molecule has 3 heterocycles. The summed E-state index contributed by atoms with van der Waals surface area (Å²) in [5.41, 5.74) is 5.04. The molecule has 6 aromatic rings. The smallest absolute Gasteiger partial charge is 0.267 e. The Kier molecular flexibility index (Phi) is 4.37. The van der Waals surface area contributed by atoms with Gasteiger partial charge in [0.25, 0.3) is 5.56 Å². The van der Waals surface area contributed by atoms with Gasteiger partial charge in [0, 0.05) is 16.5 Å². The zero-order chi connectivity index (χ0) is 21.5. The second-order valence-corrected chi connectivity index (χ2v) is 8.37. The van der Waals surface area contributed by atoms with Crippen molar-refractivity contribution in [3.05, 3.63) is 108 Å². The predicted molar refractivity (Wildman–Crippen MR) is 129 cm³/mol. The number of thiophene rings is 1. The summed E-state index contributed by atoms with van der Waals surface area (Å²) in [6.07, 6.45) is 1.60. The van der Waals surface area contributed by atoms with Gasteiger partial charge in [-0.05, 0) is 17.7 Å². The number of rotatable bonds is 3. The van der Waals surface area contributed by atoms with Gasteiger partial charge in [-0.25, -0.2) is 4.98 Å². The van der Waals surface area contributed by atoms with Crippen molar-refractivity contribution in [3.8, 4) is 28.1 Å². The highest BCUT2D eigenvalue weighted by atomic mass is 32.1. The summed E-state index contributed by atoms with van der Waals surface area (Å²) in [5.74, 6) is 0. The van der Waals surface area contributed by atoms with E-state index < -0.39 is 0 Å². The van der Waals surface area contributed by atoms with Gasteiger partial charge < -0.3 is 0 Å². The van der Waals surface area contributed by atoms with Gasteiger partial charge >= 0.3 is 0 Å². The third-order valence-electron chi connectivity index (χ3n) is 5.45. The third kappa shape index (κ3) is 2.92. The van der Waals surface area contributed by atoms with Crippen LogP contribution in [0, 0.1) is 0 Å². The lowest BCUT2D eigenvalue weighted by molar-refractivity contribution is 0.968. The predicted octanol–water partition coefficient (Wildman–Crippen LogP) is 5.72. The molecule has 0 saturated heterocycles. The van der Waals surface area contributed by atoms with E-state index in [9.17, 15) is 4.79 Å². The van der Waals surface area contributed by atoms with Gasteiger partial charge in [0.05, 0.1) is 11.2 Å². The second kappa shape index (κ2) is 7.51. The molecule has 152 valence electrons. The minimum absolute atomic E-state index is 0.107. The van der Waals surface area contributed by atoms with E-state index in [1.165, 1.54) is 11.3 Å². The fourth-order valence-electron chi connectivity index (χ4n) is 3.97. The largest absolute Gasteiger partial charge is 0.275 e. The molecule has 0 saturated carbocycles. The average Bonchev–Trinajstić information content (AvgIpc) is 3.25. The quantitative estimate of drug-likeness (QED) is 0.359. The first-order chi connectivity index (χ1) is 15.8. The number of hydrogen-bond donors (Lipinski definition) is 0. The molecular formula is C26H16N4OS. The Morgan fingerprint density at radius 2 is 1.34 bits per heavy atom. The molecule has 5 nitrogen and oxygen atoms in total. The summed E-state index contributed by atoms with van der Waals surface area (Å²) in [5, 5.41) is 9.95. The Labute approximate surface area is 187 Å². The highest BCUT2D eigenvalue weighted by molar-refractivity contribution is 7.25. The summed E-state index contributed by atoms with van der Waals surface area (Å²) < 4.78 is 2.15. The van der Waals surface area contributed by atoms with Gasteiger partial charge in [0.1, 0.15) is 21.6 Å². The number of benzene rings is 3. The molecule has 0 atom stereocenters. The van der Waals surface area contributed by atoms with Crippen molar-refractivity contribution in [1.29, 1.82) is 0 Å². The minimum atomic E-state index is -0.107. The van der Waals surface area contributed by atoms with Crippen LogP contribution in [0.5, 0.6) is 0 Å². The highest BCUT2D eigenvalue weighted by Gasteiger charge is 2.21. The Hall–Kier alpha value is -4.16. The van der Waals surface area contributed by atoms with Crippen molar-refractivity contribution in [3.63, 3.8) is 0 Å². The van der Waals surface area contributed by atoms with Crippen LogP contribution < -0.4 is 5.56 Å². The third-order valence-corrected chi connectivity index (χ3v) is 6.50. The molecule has 6 heteroatoms. The maximum Gasteiger partial charge on any atom is 0.275 e. The molecule has 3 aromatic heterocycles. The lowest BCUT2D eigenvalue weighted by atomic mass is 9.97. The molecule has 0 radical (unpaired) electrons. The zero-order valence-corrected chi connectivity index (χ0v) is 17.7. The Balaban J connectivity index is 1.72. The van der Waals surface area contributed by atoms with E-state index >= 15 is 0 Å². The zero-order valence-electron chi connectivity index (χ0n) is 16.8. The van der Waals surface area contributed by atoms with Crippen molar-refractivity contribution in [2.45, 2.75) is 0 Å². The van der Waals surface area contributed by atoms with Gasteiger partial charge in [-0.2, -0.15) is 0 Å². The van der Waals surface area contributed by atoms with E-state index in [-0.39, 0.29) is 5.56 Å². The maximum atomic E-state index is 13.4. The van der Waals surface area contributed by atoms with Crippen LogP contribution >= 0.6 is 11.3 Å². The molecule has 0 unspecified atom stereocenters. The summed E-state index contributed by atoms with van der Waals surface area (Å²) in [4.78, 5) is 18.8. The fourth-order valence-corrected chi connectivity index (χ4v) is 4.99. The fraction of sp³-hybridized carbons (Fsp3) is 0. The Bertz CT molecular complexity index is 1630. The molecule has 0 amide bonds. The lowest BCUT2D eigenvalue weighted by Crippen LogP contribution is -2.17. The molecule has 0 aliphatic carbocycles. The van der Waals surface area contributed by atoms with E-state index in [0.717, 1.165) is 33.5 Å². The van der Waals surface area contributed by atoms with Crippen molar-refractivity contribution < 1.29 is 0 Å². The Morgan fingerprint density at radius 1 is 0.719 bits per heavy atom. The summed E-state index contributed by atoms with van der Waals surface area (Å²) >= 11 is 1.34. The van der Waals surface area contributed by atoms with E-state index in [4.69, 9.17) is 4.98 Å². The summed E-state index contributed by atoms with van der Waals surface area (Å²) in [7, 11) is 0.